The van der Waals surface area contributed by atoms with Crippen molar-refractivity contribution in [2.75, 3.05) is 13.1 Å². The first-order valence-electron chi connectivity index (χ1n) is 13.2. The maximum Gasteiger partial charge on any atom is 0.251 e. The number of carbonyl (C=O) groups is 2. The Morgan fingerprint density at radius 1 is 1.08 bits per heavy atom. The maximum absolute atomic E-state index is 14.7. The normalized spacial score (nSPS) is 18.9. The molecule has 204 valence electrons. The Morgan fingerprint density at radius 2 is 1.87 bits per heavy atom. The fourth-order valence-corrected chi connectivity index (χ4v) is 5.52. The lowest BCUT2D eigenvalue weighted by atomic mass is 9.98. The van der Waals surface area contributed by atoms with Crippen LogP contribution < -0.4 is 22.6 Å². The molecule has 5 rings (SSSR count). The molecule has 1 aliphatic heterocycles. The largest absolute Gasteiger partial charge is 1.00 e. The molecule has 0 aliphatic carbocycles. The number of nitrogens with one attached hydrogen (secondary N) is 2. The number of Topliss-reactive ketones (excluding diaryl/α,β-unsaturated/α-hetero) is 1. The van der Waals surface area contributed by atoms with Crippen LogP contribution in [0.25, 0.3) is 16.8 Å². The summed E-state index contributed by atoms with van der Waals surface area (Å²) in [5, 5.41) is 2.97. The summed E-state index contributed by atoms with van der Waals surface area (Å²) in [5.74, 6) is -1.05. The van der Waals surface area contributed by atoms with Gasteiger partial charge in [0.15, 0.2) is 5.78 Å². The molecule has 3 atom stereocenters. The molecule has 39 heavy (non-hydrogen) atoms. The Hall–Kier alpha value is -3.62. The standard InChI is InChI=1S/C30H32FN5O2.ClH/c1-20-5-3-6-21(2)35(20)14-12-33-30(38)23-8-9-26(31)25(15-23)16-28(37)27-19-34-29-17-22(10-13-36(27)29)24-7-4-11-32-18-24;/h4,7-11,13,15,17-21H,3,5-6,12,14,16H2,1-2H3,(H,33,38);1H/t20-,21+;. The Bertz CT molecular complexity index is 1450. The van der Waals surface area contributed by atoms with Crippen molar-refractivity contribution < 1.29 is 31.3 Å². The minimum absolute atomic E-state index is 0. The topological polar surface area (TPSA) is 80.8 Å². The van der Waals surface area contributed by atoms with Crippen molar-refractivity contribution in [2.24, 2.45) is 0 Å². The highest BCUT2D eigenvalue weighted by Crippen LogP contribution is 2.21. The zero-order valence-corrected chi connectivity index (χ0v) is 22.9. The van der Waals surface area contributed by atoms with E-state index in [-0.39, 0.29) is 36.1 Å². The summed E-state index contributed by atoms with van der Waals surface area (Å²) in [6.45, 7) is 5.94. The molecule has 0 bridgehead atoms. The number of quaternary nitrogens is 1. The van der Waals surface area contributed by atoms with Gasteiger partial charge in [0.05, 0.1) is 31.4 Å². The van der Waals surface area contributed by atoms with Gasteiger partial charge in [-0.3, -0.25) is 19.0 Å². The fourth-order valence-electron chi connectivity index (χ4n) is 5.52. The molecule has 1 aliphatic rings. The van der Waals surface area contributed by atoms with Crippen LogP contribution in [0.2, 0.25) is 0 Å². The third kappa shape index (κ3) is 6.34. The van der Waals surface area contributed by atoms with Crippen molar-refractivity contribution in [3.8, 4) is 11.1 Å². The first-order valence-corrected chi connectivity index (χ1v) is 13.2. The predicted octanol–water partition coefficient (Wildman–Crippen LogP) is 0.540. The number of ketones is 1. The second kappa shape index (κ2) is 12.5. The maximum atomic E-state index is 14.7. The summed E-state index contributed by atoms with van der Waals surface area (Å²) in [6, 6.07) is 13.0. The van der Waals surface area contributed by atoms with Crippen LogP contribution in [0.5, 0.6) is 0 Å². The number of piperidine rings is 1. The van der Waals surface area contributed by atoms with Crippen LogP contribution in [0.4, 0.5) is 4.39 Å². The van der Waals surface area contributed by atoms with Gasteiger partial charge in [-0.2, -0.15) is 0 Å². The first kappa shape index (κ1) is 28.4. The zero-order chi connectivity index (χ0) is 26.6. The van der Waals surface area contributed by atoms with E-state index in [9.17, 15) is 14.0 Å². The summed E-state index contributed by atoms with van der Waals surface area (Å²) in [5.41, 5.74) is 3.40. The van der Waals surface area contributed by atoms with Crippen molar-refractivity contribution in [2.45, 2.75) is 51.6 Å². The second-order valence-electron chi connectivity index (χ2n) is 10.2. The molecule has 4 heterocycles. The van der Waals surface area contributed by atoms with Gasteiger partial charge in [-0.15, -0.1) is 0 Å². The average molecular weight is 550 g/mol. The van der Waals surface area contributed by atoms with Crippen LogP contribution in [-0.4, -0.2) is 51.2 Å². The van der Waals surface area contributed by atoms with Gasteiger partial charge in [0.2, 0.25) is 0 Å². The van der Waals surface area contributed by atoms with Gasteiger partial charge < -0.3 is 22.6 Å². The third-order valence-corrected chi connectivity index (χ3v) is 7.69. The number of pyridine rings is 2. The van der Waals surface area contributed by atoms with Gasteiger partial charge in [-0.1, -0.05) is 6.07 Å². The highest BCUT2D eigenvalue weighted by molar-refractivity contribution is 5.98. The number of imidazole rings is 1. The molecule has 1 fully saturated rings. The number of aromatic nitrogens is 3. The first-order chi connectivity index (χ1) is 18.4. The van der Waals surface area contributed by atoms with E-state index in [0.29, 0.717) is 35.5 Å². The van der Waals surface area contributed by atoms with E-state index in [1.165, 1.54) is 48.6 Å². The summed E-state index contributed by atoms with van der Waals surface area (Å²) < 4.78 is 16.4. The predicted molar refractivity (Wildman–Crippen MR) is 144 cm³/mol. The molecule has 1 saturated heterocycles. The molecular weight excluding hydrogens is 517 g/mol. The molecule has 2 N–H and O–H groups in total. The summed E-state index contributed by atoms with van der Waals surface area (Å²) in [4.78, 5) is 36.0. The Labute approximate surface area is 233 Å². The van der Waals surface area contributed by atoms with Crippen molar-refractivity contribution in [3.63, 3.8) is 0 Å². The van der Waals surface area contributed by atoms with E-state index in [4.69, 9.17) is 0 Å². The number of halogens is 2. The molecule has 0 radical (unpaired) electrons. The molecule has 0 saturated carbocycles. The molecular formula is C30H33ClFN5O2. The highest BCUT2D eigenvalue weighted by atomic mass is 35.5. The monoisotopic (exact) mass is 549 g/mol. The van der Waals surface area contributed by atoms with Crippen LogP contribution in [-0.2, 0) is 6.42 Å². The van der Waals surface area contributed by atoms with Crippen LogP contribution in [0.15, 0.2) is 67.3 Å². The molecule has 4 aromatic rings. The van der Waals surface area contributed by atoms with E-state index in [2.05, 4.69) is 29.1 Å². The number of likely N-dealkylation sites (tertiary alicyclic amines) is 1. The van der Waals surface area contributed by atoms with Gasteiger partial charge in [0.1, 0.15) is 17.2 Å². The number of carbonyl (C=O) groups excluding carboxylic acids is 2. The van der Waals surface area contributed by atoms with Crippen molar-refractivity contribution in [1.82, 2.24) is 19.7 Å². The van der Waals surface area contributed by atoms with Gasteiger partial charge >= 0.3 is 0 Å². The lowest BCUT2D eigenvalue weighted by Crippen LogP contribution is -3.19. The number of hydrogen-bond donors (Lipinski definition) is 2. The average Bonchev–Trinajstić information content (AvgIpc) is 3.35. The minimum Gasteiger partial charge on any atom is -1.00 e. The molecule has 0 spiro atoms. The second-order valence-corrected chi connectivity index (χ2v) is 10.2. The third-order valence-electron chi connectivity index (χ3n) is 7.69. The molecule has 7 nitrogen and oxygen atoms in total. The number of nitrogens with zero attached hydrogens (tertiary/aromatic N) is 3. The molecule has 1 unspecified atom stereocenters. The summed E-state index contributed by atoms with van der Waals surface area (Å²) >= 11 is 0. The summed E-state index contributed by atoms with van der Waals surface area (Å²) in [7, 11) is 0. The number of fused-ring (bicyclic) bond motifs is 1. The van der Waals surface area contributed by atoms with Gasteiger partial charge in [-0.05, 0) is 80.6 Å². The summed E-state index contributed by atoms with van der Waals surface area (Å²) in [6.07, 6.45) is 10.3. The SMILES string of the molecule is C[C@@H]1CCC[C@H](C)[NH+]1CCNC(=O)c1ccc(F)c(CC(=O)c2cnc3cc(-c4cccnc4)ccn23)c1.[Cl-]. The smallest absolute Gasteiger partial charge is 0.251 e. The molecule has 1 amide bonds. The fraction of sp³-hybridized carbons (Fsp3) is 0.333. The van der Waals surface area contributed by atoms with Crippen LogP contribution in [0.1, 0.15) is 59.5 Å². The molecule has 3 aromatic heterocycles. The van der Waals surface area contributed by atoms with Gasteiger partial charge in [-0.25, -0.2) is 9.37 Å². The Morgan fingerprint density at radius 3 is 2.62 bits per heavy atom. The van der Waals surface area contributed by atoms with E-state index in [0.717, 1.165) is 17.7 Å². The van der Waals surface area contributed by atoms with E-state index < -0.39 is 5.82 Å². The quantitative estimate of drug-likeness (QED) is 0.315. The van der Waals surface area contributed by atoms with Gasteiger partial charge in [0, 0.05) is 36.1 Å². The van der Waals surface area contributed by atoms with E-state index in [1.54, 1.807) is 23.0 Å². The van der Waals surface area contributed by atoms with Crippen molar-refractivity contribution >= 4 is 17.3 Å². The number of amides is 1. The van der Waals surface area contributed by atoms with Crippen molar-refractivity contribution in [1.29, 1.82) is 0 Å². The molecule has 9 heteroatoms. The van der Waals surface area contributed by atoms with Crippen LogP contribution in [0.3, 0.4) is 0 Å². The number of rotatable bonds is 8. The number of benzene rings is 1. The lowest BCUT2D eigenvalue weighted by Gasteiger charge is -2.35. The van der Waals surface area contributed by atoms with E-state index in [1.807, 2.05) is 24.3 Å². The van der Waals surface area contributed by atoms with Crippen molar-refractivity contribution in [3.05, 3.63) is 89.9 Å². The van der Waals surface area contributed by atoms with Crippen LogP contribution >= 0.6 is 0 Å². The number of hydrogen-bond acceptors (Lipinski definition) is 4. The lowest BCUT2D eigenvalue weighted by molar-refractivity contribution is -0.950. The van der Waals surface area contributed by atoms with E-state index >= 15 is 0 Å². The Kier molecular flexibility index (Phi) is 9.09. The minimum atomic E-state index is -0.511. The Balaban J connectivity index is 0.00000353. The van der Waals surface area contributed by atoms with Crippen LogP contribution in [0, 0.1) is 5.82 Å². The highest BCUT2D eigenvalue weighted by Gasteiger charge is 2.28. The zero-order valence-electron chi connectivity index (χ0n) is 22.2. The molecule has 1 aromatic carbocycles. The van der Waals surface area contributed by atoms with Gasteiger partial charge in [0.25, 0.3) is 5.91 Å².